The number of hydrogen-bond acceptors (Lipinski definition) is 6. The minimum Gasteiger partial charge on any atom is -0.477 e. The number of nitrogens with zero attached hydrogens (tertiary/aromatic N) is 2. The van der Waals surface area contributed by atoms with E-state index in [-0.39, 0.29) is 10.7 Å². The number of hydrogen-bond donors (Lipinski definition) is 3. The Balaban J connectivity index is 2.26. The zero-order valence-electron chi connectivity index (χ0n) is 9.38. The van der Waals surface area contributed by atoms with Crippen LogP contribution in [0, 0.1) is 0 Å². The van der Waals surface area contributed by atoms with Gasteiger partial charge < -0.3 is 20.5 Å². The van der Waals surface area contributed by atoms with Crippen molar-refractivity contribution in [2.24, 2.45) is 5.73 Å². The van der Waals surface area contributed by atoms with Crippen LogP contribution in [0.25, 0.3) is 0 Å². The molecule has 1 aliphatic rings. The molecule has 1 aliphatic heterocycles. The Morgan fingerprint density at radius 2 is 2.11 bits per heavy atom. The van der Waals surface area contributed by atoms with E-state index in [1.165, 1.54) is 0 Å². The fraction of sp³-hybridized carbons (Fsp3) is 0.444. The summed E-state index contributed by atoms with van der Waals surface area (Å²) >= 11 is 1.01. The molecule has 0 saturated carbocycles. The number of rotatable bonds is 3. The van der Waals surface area contributed by atoms with E-state index < -0.39 is 12.0 Å². The molecule has 8 nitrogen and oxygen atoms in total. The first-order chi connectivity index (χ1) is 8.58. The number of carboxylic acids is 1. The van der Waals surface area contributed by atoms with Crippen molar-refractivity contribution in [1.29, 1.82) is 0 Å². The highest BCUT2D eigenvalue weighted by atomic mass is 32.1. The van der Waals surface area contributed by atoms with Gasteiger partial charge in [-0.2, -0.15) is 0 Å². The number of primary amides is 1. The van der Waals surface area contributed by atoms with E-state index in [4.69, 9.17) is 15.6 Å². The first-order valence-corrected chi connectivity index (χ1v) is 6.03. The molecule has 2 rings (SSSR count). The van der Waals surface area contributed by atoms with Crippen LogP contribution in [0.15, 0.2) is 0 Å². The number of ether oxygens (including phenoxy) is 1. The van der Waals surface area contributed by atoms with Gasteiger partial charge in [0.2, 0.25) is 0 Å². The number of carbonyl (C=O) groups is 2. The van der Waals surface area contributed by atoms with Gasteiger partial charge in [0.1, 0.15) is 0 Å². The number of amides is 2. The van der Waals surface area contributed by atoms with Gasteiger partial charge >= 0.3 is 12.0 Å². The summed E-state index contributed by atoms with van der Waals surface area (Å²) in [7, 11) is 0. The van der Waals surface area contributed by atoms with Crippen molar-refractivity contribution in [3.63, 3.8) is 0 Å². The number of morpholine rings is 1. The van der Waals surface area contributed by atoms with Gasteiger partial charge in [-0.05, 0) is 0 Å². The second kappa shape index (κ2) is 5.19. The zero-order chi connectivity index (χ0) is 13.1. The third kappa shape index (κ3) is 2.68. The number of nitrogens with one attached hydrogen (secondary N) is 1. The van der Waals surface area contributed by atoms with Gasteiger partial charge in [0.05, 0.1) is 13.2 Å². The molecule has 1 saturated heterocycles. The molecule has 1 aromatic rings. The maximum absolute atomic E-state index is 11.0. The molecule has 98 valence electrons. The quantitative estimate of drug-likeness (QED) is 0.721. The summed E-state index contributed by atoms with van der Waals surface area (Å²) in [6, 6.07) is -0.837. The molecule has 0 bridgehead atoms. The standard InChI is InChI=1S/C9H12N4O4S/c10-8(16)11-6-5(7(14)15)18-9(12-6)13-1-3-17-4-2-13/h1-4H2,(H,14,15)(H3,10,11,16). The van der Waals surface area contributed by atoms with Gasteiger partial charge in [-0.3, -0.25) is 5.32 Å². The van der Waals surface area contributed by atoms with Gasteiger partial charge in [-0.25, -0.2) is 14.6 Å². The predicted octanol–water partition coefficient (Wildman–Crippen LogP) is 0.169. The van der Waals surface area contributed by atoms with E-state index in [1.807, 2.05) is 4.90 Å². The number of anilines is 2. The van der Waals surface area contributed by atoms with Crippen LogP contribution in [0.1, 0.15) is 9.67 Å². The molecule has 0 atom stereocenters. The monoisotopic (exact) mass is 272 g/mol. The van der Waals surface area contributed by atoms with Gasteiger partial charge in [0.25, 0.3) is 0 Å². The summed E-state index contributed by atoms with van der Waals surface area (Å²) in [5.74, 6) is -1.16. The average Bonchev–Trinajstić information content (AvgIpc) is 2.73. The van der Waals surface area contributed by atoms with Gasteiger partial charge in [-0.1, -0.05) is 11.3 Å². The van der Waals surface area contributed by atoms with Crippen LogP contribution >= 0.6 is 11.3 Å². The number of nitrogens with two attached hydrogens (primary N) is 1. The highest BCUT2D eigenvalue weighted by molar-refractivity contribution is 7.18. The highest BCUT2D eigenvalue weighted by Crippen LogP contribution is 2.30. The Kier molecular flexibility index (Phi) is 3.63. The smallest absolute Gasteiger partial charge is 0.349 e. The van der Waals surface area contributed by atoms with Crippen molar-refractivity contribution in [3.8, 4) is 0 Å². The molecule has 2 heterocycles. The number of carboxylic acid groups (broad SMARTS) is 1. The van der Waals surface area contributed by atoms with Crippen molar-refractivity contribution in [3.05, 3.63) is 4.88 Å². The molecule has 1 aromatic heterocycles. The number of urea groups is 1. The van der Waals surface area contributed by atoms with E-state index in [9.17, 15) is 9.59 Å². The van der Waals surface area contributed by atoms with Crippen molar-refractivity contribution >= 4 is 34.3 Å². The maximum Gasteiger partial charge on any atom is 0.349 e. The molecule has 4 N–H and O–H groups in total. The van der Waals surface area contributed by atoms with Crippen molar-refractivity contribution in [2.75, 3.05) is 36.5 Å². The predicted molar refractivity (Wildman–Crippen MR) is 65.3 cm³/mol. The van der Waals surface area contributed by atoms with Crippen molar-refractivity contribution < 1.29 is 19.4 Å². The Morgan fingerprint density at radius 3 is 2.67 bits per heavy atom. The Bertz CT molecular complexity index is 469. The Morgan fingerprint density at radius 1 is 1.44 bits per heavy atom. The molecule has 1 fully saturated rings. The molecular weight excluding hydrogens is 260 g/mol. The molecule has 0 radical (unpaired) electrons. The van der Waals surface area contributed by atoms with Crippen molar-refractivity contribution in [2.45, 2.75) is 0 Å². The lowest BCUT2D eigenvalue weighted by Crippen LogP contribution is -2.36. The molecule has 0 spiro atoms. The fourth-order valence-corrected chi connectivity index (χ4v) is 2.46. The number of aromatic carboxylic acids is 1. The van der Waals surface area contributed by atoms with Crippen LogP contribution in [0.3, 0.4) is 0 Å². The van der Waals surface area contributed by atoms with Crippen LogP contribution < -0.4 is 16.0 Å². The number of thiazole rings is 1. The first-order valence-electron chi connectivity index (χ1n) is 5.21. The minimum atomic E-state index is -1.14. The van der Waals surface area contributed by atoms with Gasteiger partial charge in [-0.15, -0.1) is 0 Å². The van der Waals surface area contributed by atoms with E-state index in [0.717, 1.165) is 11.3 Å². The number of aromatic nitrogens is 1. The van der Waals surface area contributed by atoms with E-state index in [0.29, 0.717) is 31.4 Å². The SMILES string of the molecule is NC(=O)Nc1nc(N2CCOCC2)sc1C(=O)O. The lowest BCUT2D eigenvalue weighted by atomic mass is 10.4. The van der Waals surface area contributed by atoms with Gasteiger partial charge in [0, 0.05) is 13.1 Å². The van der Waals surface area contributed by atoms with E-state index >= 15 is 0 Å². The summed E-state index contributed by atoms with van der Waals surface area (Å²) < 4.78 is 5.20. The van der Waals surface area contributed by atoms with Crippen LogP contribution in [-0.2, 0) is 4.74 Å². The van der Waals surface area contributed by atoms with Crippen LogP contribution in [-0.4, -0.2) is 48.4 Å². The average molecular weight is 272 g/mol. The molecule has 0 aliphatic carbocycles. The summed E-state index contributed by atoms with van der Waals surface area (Å²) in [5.41, 5.74) is 4.97. The van der Waals surface area contributed by atoms with E-state index in [2.05, 4.69) is 10.3 Å². The van der Waals surface area contributed by atoms with Crippen molar-refractivity contribution in [1.82, 2.24) is 4.98 Å². The van der Waals surface area contributed by atoms with Crippen LogP contribution in [0.5, 0.6) is 0 Å². The molecule has 0 unspecified atom stereocenters. The molecule has 0 aromatic carbocycles. The van der Waals surface area contributed by atoms with Crippen LogP contribution in [0.2, 0.25) is 0 Å². The Labute approximate surface area is 106 Å². The third-order valence-electron chi connectivity index (χ3n) is 2.33. The molecular formula is C9H12N4O4S. The lowest BCUT2D eigenvalue weighted by Gasteiger charge is -2.25. The minimum absolute atomic E-state index is 0.0125. The second-order valence-corrected chi connectivity index (χ2v) is 4.55. The summed E-state index contributed by atoms with van der Waals surface area (Å²) in [6.45, 7) is 2.42. The molecule has 18 heavy (non-hydrogen) atoms. The third-order valence-corrected chi connectivity index (χ3v) is 3.44. The maximum atomic E-state index is 11.0. The number of carbonyl (C=O) groups excluding carboxylic acids is 1. The molecule has 2 amide bonds. The normalized spacial score (nSPS) is 15.4. The largest absolute Gasteiger partial charge is 0.477 e. The van der Waals surface area contributed by atoms with Gasteiger partial charge in [0.15, 0.2) is 15.8 Å². The zero-order valence-corrected chi connectivity index (χ0v) is 10.2. The first kappa shape index (κ1) is 12.6. The topological polar surface area (TPSA) is 118 Å². The molecule has 9 heteroatoms. The summed E-state index contributed by atoms with van der Waals surface area (Å²) in [4.78, 5) is 27.8. The fourth-order valence-electron chi connectivity index (χ4n) is 1.55. The second-order valence-electron chi connectivity index (χ2n) is 3.57. The van der Waals surface area contributed by atoms with Crippen LogP contribution in [0.4, 0.5) is 15.7 Å². The lowest BCUT2D eigenvalue weighted by molar-refractivity contribution is 0.0703. The summed E-state index contributed by atoms with van der Waals surface area (Å²) in [6.07, 6.45) is 0. The van der Waals surface area contributed by atoms with E-state index in [1.54, 1.807) is 0 Å². The Hall–Kier alpha value is -1.87. The highest BCUT2D eigenvalue weighted by Gasteiger charge is 2.22. The summed E-state index contributed by atoms with van der Waals surface area (Å²) in [5, 5.41) is 11.8.